The number of carbonyl (C=O) groups is 1. The molecule has 0 spiro atoms. The highest BCUT2D eigenvalue weighted by Gasteiger charge is 2.58. The lowest BCUT2D eigenvalue weighted by Crippen LogP contribution is -2.51. The average molecular weight is 463 g/mol. The highest BCUT2D eigenvalue weighted by molar-refractivity contribution is 9.10. The monoisotopic (exact) mass is 462 g/mol. The lowest BCUT2D eigenvalue weighted by Gasteiger charge is -2.56. The van der Waals surface area contributed by atoms with E-state index in [1.54, 1.807) is 10.9 Å². The summed E-state index contributed by atoms with van der Waals surface area (Å²) in [6.07, 6.45) is 14.2. The molecule has 29 heavy (non-hydrogen) atoms. The molecular weight excluding hydrogens is 428 g/mol. The van der Waals surface area contributed by atoms with Crippen molar-refractivity contribution < 1.29 is 9.90 Å². The van der Waals surface area contributed by atoms with Crippen LogP contribution in [0.1, 0.15) is 71.6 Å². The zero-order valence-electron chi connectivity index (χ0n) is 17.8. The van der Waals surface area contributed by atoms with E-state index in [9.17, 15) is 9.90 Å². The Labute approximate surface area is 183 Å². The summed E-state index contributed by atoms with van der Waals surface area (Å²) in [4.78, 5) is 13.2. The topological polar surface area (TPSA) is 55.1 Å². The summed E-state index contributed by atoms with van der Waals surface area (Å²) in [5.74, 6) is 4.46. The molecule has 160 valence electrons. The van der Waals surface area contributed by atoms with E-state index in [0.717, 1.165) is 47.4 Å². The van der Waals surface area contributed by atoms with Crippen LogP contribution in [0.5, 0.6) is 0 Å². The molecule has 1 N–H and O–H groups in total. The van der Waals surface area contributed by atoms with Crippen molar-refractivity contribution in [1.82, 2.24) is 9.78 Å². The van der Waals surface area contributed by atoms with Crippen LogP contribution in [0.15, 0.2) is 16.9 Å². The van der Waals surface area contributed by atoms with Crippen molar-refractivity contribution in [2.75, 3.05) is 0 Å². The number of hydrogen-bond donors (Lipinski definition) is 1. The maximum atomic E-state index is 13.2. The van der Waals surface area contributed by atoms with E-state index in [-0.39, 0.29) is 11.3 Å². The van der Waals surface area contributed by atoms with Gasteiger partial charge in [-0.15, -0.1) is 0 Å². The number of fused-ring (bicyclic) bond motifs is 5. The van der Waals surface area contributed by atoms with Crippen molar-refractivity contribution in [3.63, 3.8) is 0 Å². The lowest BCUT2D eigenvalue weighted by atomic mass is 9.49. The maximum Gasteiger partial charge on any atom is 0.157 e. The number of Topliss-reactive ketones (excluding diaryl/α,β-unsaturated/α-hetero) is 1. The van der Waals surface area contributed by atoms with E-state index in [4.69, 9.17) is 0 Å². The summed E-state index contributed by atoms with van der Waals surface area (Å²) >= 11 is 3.43. The SMILES string of the molecule is C[C@@]1(O)CC[C@H]2[C@H](CC[C@@H]3[C@@H]2CC[C@]2(C)[C@@H](C(=O)Cn4cc(Br)cn4)CC[C@@H]32)C1. The van der Waals surface area contributed by atoms with E-state index in [1.807, 2.05) is 13.1 Å². The van der Waals surface area contributed by atoms with Crippen LogP contribution >= 0.6 is 15.9 Å². The summed E-state index contributed by atoms with van der Waals surface area (Å²) in [7, 11) is 0. The van der Waals surface area contributed by atoms with Crippen LogP contribution in [0.4, 0.5) is 0 Å². The Bertz CT molecular complexity index is 790. The van der Waals surface area contributed by atoms with Gasteiger partial charge in [0.15, 0.2) is 5.78 Å². The fourth-order valence-electron chi connectivity index (χ4n) is 8.31. The van der Waals surface area contributed by atoms with Crippen molar-refractivity contribution in [3.05, 3.63) is 16.9 Å². The van der Waals surface area contributed by atoms with Crippen molar-refractivity contribution in [3.8, 4) is 0 Å². The van der Waals surface area contributed by atoms with E-state index in [2.05, 4.69) is 28.0 Å². The normalized spacial score (nSPS) is 46.6. The van der Waals surface area contributed by atoms with Crippen molar-refractivity contribution in [1.29, 1.82) is 0 Å². The van der Waals surface area contributed by atoms with E-state index in [0.29, 0.717) is 18.2 Å². The van der Waals surface area contributed by atoms with Gasteiger partial charge in [0.05, 0.1) is 22.8 Å². The molecule has 0 unspecified atom stereocenters. The summed E-state index contributed by atoms with van der Waals surface area (Å²) < 4.78 is 2.72. The van der Waals surface area contributed by atoms with Gasteiger partial charge in [-0.1, -0.05) is 6.92 Å². The summed E-state index contributed by atoms with van der Waals surface area (Å²) in [5.41, 5.74) is -0.265. The van der Waals surface area contributed by atoms with E-state index in [1.165, 1.54) is 38.5 Å². The van der Waals surface area contributed by atoms with E-state index >= 15 is 0 Å². The number of hydrogen-bond acceptors (Lipinski definition) is 3. The van der Waals surface area contributed by atoms with Crippen LogP contribution in [0.25, 0.3) is 0 Å². The van der Waals surface area contributed by atoms with Gasteiger partial charge >= 0.3 is 0 Å². The first-order valence-electron chi connectivity index (χ1n) is 11.7. The molecule has 4 aliphatic rings. The highest BCUT2D eigenvalue weighted by atomic mass is 79.9. The molecule has 5 heteroatoms. The fourth-order valence-corrected chi connectivity index (χ4v) is 8.63. The molecule has 4 aliphatic carbocycles. The minimum absolute atomic E-state index is 0.176. The van der Waals surface area contributed by atoms with Gasteiger partial charge in [-0.25, -0.2) is 0 Å². The number of rotatable bonds is 3. The molecule has 4 nitrogen and oxygen atoms in total. The van der Waals surface area contributed by atoms with Gasteiger partial charge in [0.2, 0.25) is 0 Å². The third kappa shape index (κ3) is 3.44. The largest absolute Gasteiger partial charge is 0.390 e. The maximum absolute atomic E-state index is 13.2. The van der Waals surface area contributed by atoms with Crippen LogP contribution < -0.4 is 0 Å². The first-order chi connectivity index (χ1) is 13.8. The Kier molecular flexibility index (Phi) is 5.01. The smallest absolute Gasteiger partial charge is 0.157 e. The molecule has 0 aromatic carbocycles. The number of halogens is 1. The molecule has 4 fully saturated rings. The Morgan fingerprint density at radius 1 is 1.14 bits per heavy atom. The van der Waals surface area contributed by atoms with Crippen LogP contribution in [-0.4, -0.2) is 26.3 Å². The number of aliphatic hydroxyl groups is 1. The second-order valence-electron chi connectivity index (χ2n) is 11.2. The fraction of sp³-hybridized carbons (Fsp3) is 0.833. The lowest BCUT2D eigenvalue weighted by molar-refractivity contribution is -0.133. The van der Waals surface area contributed by atoms with Gasteiger partial charge in [-0.3, -0.25) is 9.48 Å². The van der Waals surface area contributed by atoms with Crippen molar-refractivity contribution in [2.24, 2.45) is 40.9 Å². The zero-order valence-corrected chi connectivity index (χ0v) is 19.4. The van der Waals surface area contributed by atoms with Crippen LogP contribution in [0, 0.1) is 40.9 Å². The van der Waals surface area contributed by atoms with Gasteiger partial charge < -0.3 is 5.11 Å². The molecule has 1 aromatic heterocycles. The molecule has 1 aromatic rings. The molecule has 4 saturated carbocycles. The van der Waals surface area contributed by atoms with Gasteiger partial charge in [-0.05, 0) is 116 Å². The van der Waals surface area contributed by atoms with Gasteiger partial charge in [0, 0.05) is 12.1 Å². The average Bonchev–Trinajstić information content (AvgIpc) is 3.22. The third-order valence-electron chi connectivity index (χ3n) is 9.55. The molecule has 0 aliphatic heterocycles. The van der Waals surface area contributed by atoms with Gasteiger partial charge in [0.1, 0.15) is 0 Å². The molecule has 0 saturated heterocycles. The molecule has 1 heterocycles. The van der Waals surface area contributed by atoms with Crippen LogP contribution in [0.2, 0.25) is 0 Å². The molecule has 0 radical (unpaired) electrons. The van der Waals surface area contributed by atoms with Crippen molar-refractivity contribution >= 4 is 21.7 Å². The Morgan fingerprint density at radius 2 is 1.93 bits per heavy atom. The van der Waals surface area contributed by atoms with E-state index < -0.39 is 5.60 Å². The second kappa shape index (κ2) is 7.19. The Balaban J connectivity index is 1.31. The standard InChI is InChI=1S/C24H35BrN2O2/c1-23(29)9-7-17-15(11-23)3-4-19-18(17)8-10-24(2)20(19)5-6-21(24)22(28)14-27-13-16(25)12-26-27/h12-13,15,17-21,29H,3-11,14H2,1-2H3/t15-,17+,18-,19-,20+,21-,23-,24+/m1/s1. The molecular formula is C24H35BrN2O2. The summed E-state index contributed by atoms with van der Waals surface area (Å²) in [5, 5.41) is 14.9. The number of ketones is 1. The Hall–Kier alpha value is -0.680. The first-order valence-corrected chi connectivity index (χ1v) is 12.5. The quantitative estimate of drug-likeness (QED) is 0.668. The highest BCUT2D eigenvalue weighted by Crippen LogP contribution is 2.64. The molecule has 0 bridgehead atoms. The Morgan fingerprint density at radius 3 is 2.69 bits per heavy atom. The predicted octanol–water partition coefficient (Wildman–Crippen LogP) is 5.23. The van der Waals surface area contributed by atoms with Crippen LogP contribution in [0.3, 0.4) is 0 Å². The first kappa shape index (κ1) is 20.2. The second-order valence-corrected chi connectivity index (χ2v) is 12.1. The summed E-state index contributed by atoms with van der Waals surface area (Å²) in [6, 6.07) is 0. The zero-order chi connectivity index (χ0) is 20.4. The number of aromatic nitrogens is 2. The third-order valence-corrected chi connectivity index (χ3v) is 9.95. The molecule has 0 amide bonds. The summed E-state index contributed by atoms with van der Waals surface area (Å²) in [6.45, 7) is 4.88. The predicted molar refractivity (Wildman–Crippen MR) is 116 cm³/mol. The van der Waals surface area contributed by atoms with Gasteiger partial charge in [0.25, 0.3) is 0 Å². The molecule has 8 atom stereocenters. The minimum atomic E-state index is -0.441. The minimum Gasteiger partial charge on any atom is -0.390 e. The molecule has 5 rings (SSSR count). The van der Waals surface area contributed by atoms with Gasteiger partial charge in [-0.2, -0.15) is 5.10 Å². The van der Waals surface area contributed by atoms with Crippen molar-refractivity contribution in [2.45, 2.75) is 83.8 Å². The number of nitrogens with zero attached hydrogens (tertiary/aromatic N) is 2. The van der Waals surface area contributed by atoms with Crippen LogP contribution in [-0.2, 0) is 11.3 Å². The number of carbonyl (C=O) groups excluding carboxylic acids is 1.